The van der Waals surface area contributed by atoms with E-state index in [4.69, 9.17) is 9.47 Å². The third-order valence-corrected chi connectivity index (χ3v) is 7.39. The first-order valence-electron chi connectivity index (χ1n) is 13.2. The van der Waals surface area contributed by atoms with Gasteiger partial charge >= 0.3 is 0 Å². The van der Waals surface area contributed by atoms with E-state index in [9.17, 15) is 4.79 Å². The molecule has 0 saturated heterocycles. The molecule has 6 nitrogen and oxygen atoms in total. The summed E-state index contributed by atoms with van der Waals surface area (Å²) in [5.74, 6) is 0.870. The van der Waals surface area contributed by atoms with Crippen LogP contribution in [0.3, 0.4) is 0 Å². The fourth-order valence-corrected chi connectivity index (χ4v) is 4.89. The SMILES string of the molecule is COc1cc(/C=N/NC(=O)c2ccc(-n3c(C)ccc3-c3ccccc3)cc2)c(Br)cc1OCc1ccc(C)cc1. The number of hydrazone groups is 1. The van der Waals surface area contributed by atoms with Crippen molar-refractivity contribution in [2.24, 2.45) is 5.10 Å². The Kier molecular flexibility index (Phi) is 8.65. The number of methoxy groups -OCH3 is 1. The Bertz CT molecular complexity index is 1680. The van der Waals surface area contributed by atoms with Gasteiger partial charge in [-0.3, -0.25) is 4.79 Å². The van der Waals surface area contributed by atoms with Gasteiger partial charge in [-0.05, 0) is 89.4 Å². The molecule has 1 aromatic heterocycles. The topological polar surface area (TPSA) is 64.8 Å². The molecule has 0 spiro atoms. The van der Waals surface area contributed by atoms with E-state index >= 15 is 0 Å². The van der Waals surface area contributed by atoms with Crippen LogP contribution in [0.5, 0.6) is 11.5 Å². The second-order valence-corrected chi connectivity index (χ2v) is 10.5. The third-order valence-electron chi connectivity index (χ3n) is 6.70. The number of ether oxygens (including phenoxy) is 2. The number of amides is 1. The maximum atomic E-state index is 12.8. The molecular formula is C34H30BrN3O3. The summed E-state index contributed by atoms with van der Waals surface area (Å²) in [7, 11) is 1.59. The number of nitrogens with one attached hydrogen (secondary N) is 1. The summed E-state index contributed by atoms with van der Waals surface area (Å²) in [5, 5.41) is 4.17. The number of hydrogen-bond acceptors (Lipinski definition) is 4. The molecule has 0 saturated carbocycles. The van der Waals surface area contributed by atoms with E-state index in [0.717, 1.165) is 38.2 Å². The van der Waals surface area contributed by atoms with Gasteiger partial charge in [0.15, 0.2) is 11.5 Å². The number of nitrogens with zero attached hydrogens (tertiary/aromatic N) is 2. The zero-order valence-electron chi connectivity index (χ0n) is 23.1. The van der Waals surface area contributed by atoms with E-state index in [1.807, 2.05) is 54.6 Å². The zero-order chi connectivity index (χ0) is 28.8. The molecule has 1 heterocycles. The fraction of sp³-hybridized carbons (Fsp3) is 0.118. The molecule has 1 N–H and O–H groups in total. The molecule has 5 rings (SSSR count). The highest BCUT2D eigenvalue weighted by Crippen LogP contribution is 2.33. The average molecular weight is 609 g/mol. The number of carbonyl (C=O) groups is 1. The molecule has 0 aliphatic rings. The van der Waals surface area contributed by atoms with Crippen LogP contribution in [-0.4, -0.2) is 23.8 Å². The van der Waals surface area contributed by atoms with Gasteiger partial charge in [0.2, 0.25) is 0 Å². The minimum atomic E-state index is -0.304. The standard InChI is InChI=1S/C34H30BrN3O3/c1-23-9-12-25(13-10-23)22-41-33-20-30(35)28(19-32(33)40-3)21-36-37-34(39)27-14-16-29(17-15-27)38-24(2)11-18-31(38)26-7-5-4-6-8-26/h4-21H,22H2,1-3H3,(H,37,39)/b36-21+. The van der Waals surface area contributed by atoms with Crippen LogP contribution in [0.1, 0.15) is 32.7 Å². The number of rotatable bonds is 9. The Morgan fingerprint density at radius 2 is 1.63 bits per heavy atom. The Morgan fingerprint density at radius 1 is 0.902 bits per heavy atom. The normalized spacial score (nSPS) is 11.0. The van der Waals surface area contributed by atoms with Crippen LogP contribution >= 0.6 is 15.9 Å². The monoisotopic (exact) mass is 607 g/mol. The lowest BCUT2D eigenvalue weighted by atomic mass is 10.1. The van der Waals surface area contributed by atoms with E-state index in [1.165, 1.54) is 5.56 Å². The van der Waals surface area contributed by atoms with Crippen LogP contribution in [-0.2, 0) is 6.61 Å². The molecule has 0 fully saturated rings. The van der Waals surface area contributed by atoms with Gasteiger partial charge in [0.25, 0.3) is 5.91 Å². The van der Waals surface area contributed by atoms with Gasteiger partial charge in [-0.2, -0.15) is 5.10 Å². The number of aromatic nitrogens is 1. The van der Waals surface area contributed by atoms with Crippen LogP contribution in [0.4, 0.5) is 0 Å². The highest BCUT2D eigenvalue weighted by atomic mass is 79.9. The summed E-state index contributed by atoms with van der Waals surface area (Å²) in [6.07, 6.45) is 1.57. The first-order valence-corrected chi connectivity index (χ1v) is 14.0. The lowest BCUT2D eigenvalue weighted by Gasteiger charge is -2.13. The van der Waals surface area contributed by atoms with E-state index < -0.39 is 0 Å². The van der Waals surface area contributed by atoms with Gasteiger partial charge in [0, 0.05) is 27.0 Å². The van der Waals surface area contributed by atoms with Crippen molar-refractivity contribution in [1.82, 2.24) is 9.99 Å². The Hall–Kier alpha value is -4.62. The lowest BCUT2D eigenvalue weighted by molar-refractivity contribution is 0.0955. The van der Waals surface area contributed by atoms with Crippen molar-refractivity contribution in [3.8, 4) is 28.4 Å². The number of carbonyl (C=O) groups excluding carboxylic acids is 1. The van der Waals surface area contributed by atoms with Gasteiger partial charge in [-0.1, -0.05) is 60.2 Å². The molecule has 41 heavy (non-hydrogen) atoms. The van der Waals surface area contributed by atoms with Crippen molar-refractivity contribution in [3.63, 3.8) is 0 Å². The smallest absolute Gasteiger partial charge is 0.271 e. The van der Waals surface area contributed by atoms with Crippen molar-refractivity contribution in [2.45, 2.75) is 20.5 Å². The summed E-state index contributed by atoms with van der Waals surface area (Å²) in [5.41, 5.74) is 10.4. The van der Waals surface area contributed by atoms with Crippen molar-refractivity contribution in [1.29, 1.82) is 0 Å². The molecule has 0 atom stereocenters. The van der Waals surface area contributed by atoms with Gasteiger partial charge in [-0.25, -0.2) is 5.43 Å². The number of halogens is 1. The van der Waals surface area contributed by atoms with Crippen molar-refractivity contribution >= 4 is 28.1 Å². The molecule has 7 heteroatoms. The molecule has 0 unspecified atom stereocenters. The van der Waals surface area contributed by atoms with Crippen molar-refractivity contribution in [2.75, 3.05) is 7.11 Å². The van der Waals surface area contributed by atoms with E-state index in [1.54, 1.807) is 25.5 Å². The van der Waals surface area contributed by atoms with Gasteiger partial charge in [0.05, 0.1) is 19.0 Å². The molecule has 4 aromatic carbocycles. The van der Waals surface area contributed by atoms with E-state index in [-0.39, 0.29) is 5.91 Å². The molecular weight excluding hydrogens is 578 g/mol. The quantitative estimate of drug-likeness (QED) is 0.137. The summed E-state index contributed by atoms with van der Waals surface area (Å²) in [6, 6.07) is 33.7. The van der Waals surface area contributed by atoms with Crippen LogP contribution < -0.4 is 14.9 Å². The van der Waals surface area contributed by atoms with Gasteiger partial charge in [-0.15, -0.1) is 0 Å². The second-order valence-electron chi connectivity index (χ2n) is 9.61. The first kappa shape index (κ1) is 27.9. The van der Waals surface area contributed by atoms with Crippen LogP contribution in [0.15, 0.2) is 113 Å². The van der Waals surface area contributed by atoms with E-state index in [0.29, 0.717) is 23.7 Å². The minimum absolute atomic E-state index is 0.304. The first-order chi connectivity index (χ1) is 19.9. The van der Waals surface area contributed by atoms with E-state index in [2.05, 4.69) is 81.3 Å². The summed E-state index contributed by atoms with van der Waals surface area (Å²) < 4.78 is 14.5. The molecule has 0 aliphatic carbocycles. The maximum absolute atomic E-state index is 12.8. The summed E-state index contributed by atoms with van der Waals surface area (Å²) in [6.45, 7) is 4.54. The molecule has 5 aromatic rings. The predicted octanol–water partition coefficient (Wildman–Crippen LogP) is 7.88. The summed E-state index contributed by atoms with van der Waals surface area (Å²) in [4.78, 5) is 12.8. The largest absolute Gasteiger partial charge is 0.493 e. The molecule has 0 aliphatic heterocycles. The van der Waals surface area contributed by atoms with Crippen LogP contribution in [0.2, 0.25) is 0 Å². The third kappa shape index (κ3) is 6.58. The molecule has 1 amide bonds. The second kappa shape index (κ2) is 12.7. The van der Waals surface area contributed by atoms with Crippen LogP contribution in [0, 0.1) is 13.8 Å². The molecule has 0 radical (unpaired) electrons. The maximum Gasteiger partial charge on any atom is 0.271 e. The number of hydrogen-bond donors (Lipinski definition) is 1. The Balaban J connectivity index is 1.25. The Morgan fingerprint density at radius 3 is 2.34 bits per heavy atom. The van der Waals surface area contributed by atoms with Crippen LogP contribution in [0.25, 0.3) is 16.9 Å². The zero-order valence-corrected chi connectivity index (χ0v) is 24.7. The Labute approximate surface area is 248 Å². The highest BCUT2D eigenvalue weighted by molar-refractivity contribution is 9.10. The van der Waals surface area contributed by atoms with Gasteiger partial charge in [0.1, 0.15) is 6.61 Å². The van der Waals surface area contributed by atoms with Crippen molar-refractivity contribution in [3.05, 3.63) is 136 Å². The predicted molar refractivity (Wildman–Crippen MR) is 167 cm³/mol. The van der Waals surface area contributed by atoms with Crippen molar-refractivity contribution < 1.29 is 14.3 Å². The number of benzene rings is 4. The minimum Gasteiger partial charge on any atom is -0.493 e. The average Bonchev–Trinajstić information content (AvgIpc) is 3.39. The molecule has 0 bridgehead atoms. The number of aryl methyl sites for hydroxylation is 2. The lowest BCUT2D eigenvalue weighted by Crippen LogP contribution is -2.17. The highest BCUT2D eigenvalue weighted by Gasteiger charge is 2.12. The molecule has 206 valence electrons. The van der Waals surface area contributed by atoms with Gasteiger partial charge < -0.3 is 14.0 Å². The fourth-order valence-electron chi connectivity index (χ4n) is 4.47. The summed E-state index contributed by atoms with van der Waals surface area (Å²) >= 11 is 3.57.